The zero-order valence-corrected chi connectivity index (χ0v) is 16.4. The molecule has 0 saturated carbocycles. The molecular weight excluding hydrogens is 366 g/mol. The summed E-state index contributed by atoms with van der Waals surface area (Å²) in [6, 6.07) is 10.1. The first-order valence-electron chi connectivity index (χ1n) is 9.08. The highest BCUT2D eigenvalue weighted by molar-refractivity contribution is 7.98. The molecule has 2 aromatic rings. The van der Waals surface area contributed by atoms with Crippen LogP contribution in [0, 0.1) is 18.6 Å². The number of carbonyl (C=O) groups is 1. The number of hydrogen-bond donors (Lipinski definition) is 1. The average molecular weight is 390 g/mol. The smallest absolute Gasteiger partial charge is 0.251 e. The Balaban J connectivity index is 1.53. The third-order valence-corrected chi connectivity index (χ3v) is 5.73. The number of nitrogens with zero attached hydrogens (tertiary/aromatic N) is 1. The van der Waals surface area contributed by atoms with Gasteiger partial charge in [0.1, 0.15) is 0 Å². The number of nitrogens with one attached hydrogen (secondary N) is 1. The minimum Gasteiger partial charge on any atom is -0.349 e. The van der Waals surface area contributed by atoms with E-state index in [-0.39, 0.29) is 11.9 Å². The summed E-state index contributed by atoms with van der Waals surface area (Å²) in [7, 11) is 0. The van der Waals surface area contributed by atoms with Crippen LogP contribution in [0.3, 0.4) is 0 Å². The lowest BCUT2D eigenvalue weighted by Crippen LogP contribution is -2.44. The van der Waals surface area contributed by atoms with Crippen molar-refractivity contribution in [1.29, 1.82) is 0 Å². The Morgan fingerprint density at radius 3 is 2.56 bits per heavy atom. The molecular formula is C21H24F2N2OS. The zero-order valence-electron chi connectivity index (χ0n) is 15.6. The van der Waals surface area contributed by atoms with Gasteiger partial charge in [-0.05, 0) is 61.4 Å². The van der Waals surface area contributed by atoms with Gasteiger partial charge in [0.25, 0.3) is 5.91 Å². The Labute approximate surface area is 163 Å². The van der Waals surface area contributed by atoms with Gasteiger partial charge in [-0.3, -0.25) is 9.69 Å². The fourth-order valence-electron chi connectivity index (χ4n) is 3.37. The van der Waals surface area contributed by atoms with Crippen molar-refractivity contribution >= 4 is 17.7 Å². The second-order valence-electron chi connectivity index (χ2n) is 6.95. The van der Waals surface area contributed by atoms with Crippen LogP contribution in [0.4, 0.5) is 8.78 Å². The minimum atomic E-state index is -0.819. The molecule has 1 aliphatic rings. The Morgan fingerprint density at radius 2 is 1.89 bits per heavy atom. The molecule has 0 unspecified atom stereocenters. The molecule has 27 heavy (non-hydrogen) atoms. The van der Waals surface area contributed by atoms with Gasteiger partial charge in [0.2, 0.25) is 0 Å². The number of thioether (sulfide) groups is 1. The molecule has 1 amide bonds. The normalized spacial score (nSPS) is 15.7. The van der Waals surface area contributed by atoms with E-state index >= 15 is 0 Å². The predicted octanol–water partition coefficient (Wildman–Crippen LogP) is 4.39. The lowest BCUT2D eigenvalue weighted by molar-refractivity contribution is 0.0908. The number of hydrogen-bond acceptors (Lipinski definition) is 3. The standard InChI is InChI=1S/C21H24F2N2OS/c1-14-3-5-17(27-2)12-18(14)21(26)24-16-7-9-25(10-8-16)13-15-4-6-19(22)20(23)11-15/h3-6,11-12,16H,7-10,13H2,1-2H3,(H,24,26). The zero-order chi connectivity index (χ0) is 19.4. The van der Waals surface area contributed by atoms with E-state index in [9.17, 15) is 13.6 Å². The molecule has 1 saturated heterocycles. The van der Waals surface area contributed by atoms with Crippen LogP contribution in [0.25, 0.3) is 0 Å². The van der Waals surface area contributed by atoms with E-state index < -0.39 is 11.6 Å². The third-order valence-electron chi connectivity index (χ3n) is 5.00. The van der Waals surface area contributed by atoms with Gasteiger partial charge in [0.15, 0.2) is 11.6 Å². The first-order valence-corrected chi connectivity index (χ1v) is 10.3. The van der Waals surface area contributed by atoms with Gasteiger partial charge in [-0.25, -0.2) is 8.78 Å². The van der Waals surface area contributed by atoms with Crippen molar-refractivity contribution in [2.75, 3.05) is 19.3 Å². The van der Waals surface area contributed by atoms with Crippen LogP contribution < -0.4 is 5.32 Å². The number of likely N-dealkylation sites (tertiary alicyclic amines) is 1. The lowest BCUT2D eigenvalue weighted by atomic mass is 10.0. The second kappa shape index (κ2) is 8.85. The molecule has 0 aliphatic carbocycles. The van der Waals surface area contributed by atoms with Crippen LogP contribution in [0.5, 0.6) is 0 Å². The predicted molar refractivity (Wildman–Crippen MR) is 105 cm³/mol. The summed E-state index contributed by atoms with van der Waals surface area (Å²) in [4.78, 5) is 15.9. The van der Waals surface area contributed by atoms with Crippen molar-refractivity contribution in [2.45, 2.75) is 37.2 Å². The van der Waals surface area contributed by atoms with Crippen molar-refractivity contribution in [3.8, 4) is 0 Å². The summed E-state index contributed by atoms with van der Waals surface area (Å²) in [6.45, 7) is 4.16. The molecule has 3 rings (SSSR count). The summed E-state index contributed by atoms with van der Waals surface area (Å²) in [5.41, 5.74) is 2.47. The van der Waals surface area contributed by atoms with E-state index in [4.69, 9.17) is 0 Å². The molecule has 1 heterocycles. The van der Waals surface area contributed by atoms with Crippen molar-refractivity contribution in [3.05, 3.63) is 64.7 Å². The summed E-state index contributed by atoms with van der Waals surface area (Å²) in [5, 5.41) is 3.14. The van der Waals surface area contributed by atoms with Crippen LogP contribution in [0.1, 0.15) is 34.3 Å². The van der Waals surface area contributed by atoms with E-state index in [1.54, 1.807) is 17.8 Å². The van der Waals surface area contributed by atoms with Gasteiger partial charge in [0, 0.05) is 36.1 Å². The van der Waals surface area contributed by atoms with Gasteiger partial charge < -0.3 is 5.32 Å². The Kier molecular flexibility index (Phi) is 6.50. The fourth-order valence-corrected chi connectivity index (χ4v) is 3.81. The number of carbonyl (C=O) groups excluding carboxylic acids is 1. The van der Waals surface area contributed by atoms with Crippen molar-refractivity contribution in [2.24, 2.45) is 0 Å². The molecule has 144 valence electrons. The molecule has 0 radical (unpaired) electrons. The molecule has 0 spiro atoms. The average Bonchev–Trinajstić information content (AvgIpc) is 2.66. The molecule has 1 aliphatic heterocycles. The van der Waals surface area contributed by atoms with Gasteiger partial charge in [-0.2, -0.15) is 0 Å². The maximum Gasteiger partial charge on any atom is 0.251 e. The Hall–Kier alpha value is -1.92. The van der Waals surface area contributed by atoms with E-state index in [0.29, 0.717) is 6.54 Å². The van der Waals surface area contributed by atoms with Gasteiger partial charge in [0.05, 0.1) is 0 Å². The first kappa shape index (κ1) is 19.8. The Morgan fingerprint density at radius 1 is 1.15 bits per heavy atom. The topological polar surface area (TPSA) is 32.3 Å². The maximum atomic E-state index is 13.3. The molecule has 0 bridgehead atoms. The highest BCUT2D eigenvalue weighted by Gasteiger charge is 2.22. The highest BCUT2D eigenvalue weighted by Crippen LogP contribution is 2.20. The largest absolute Gasteiger partial charge is 0.349 e. The number of aryl methyl sites for hydroxylation is 1. The summed E-state index contributed by atoms with van der Waals surface area (Å²) < 4.78 is 26.4. The van der Waals surface area contributed by atoms with Gasteiger partial charge in [-0.1, -0.05) is 12.1 Å². The summed E-state index contributed by atoms with van der Waals surface area (Å²) in [6.07, 6.45) is 3.68. The monoisotopic (exact) mass is 390 g/mol. The van der Waals surface area contributed by atoms with Crippen LogP contribution in [-0.4, -0.2) is 36.2 Å². The number of piperidine rings is 1. The summed E-state index contributed by atoms with van der Waals surface area (Å²) >= 11 is 1.62. The maximum absolute atomic E-state index is 13.3. The van der Waals surface area contributed by atoms with E-state index in [1.807, 2.05) is 31.4 Å². The first-order chi connectivity index (χ1) is 13.0. The number of rotatable bonds is 5. The van der Waals surface area contributed by atoms with Crippen LogP contribution in [-0.2, 0) is 6.54 Å². The lowest BCUT2D eigenvalue weighted by Gasteiger charge is -2.32. The van der Waals surface area contributed by atoms with Crippen LogP contribution in [0.15, 0.2) is 41.3 Å². The fraction of sp³-hybridized carbons (Fsp3) is 0.381. The van der Waals surface area contributed by atoms with Crippen molar-refractivity contribution in [3.63, 3.8) is 0 Å². The third kappa shape index (κ3) is 5.08. The molecule has 6 heteroatoms. The quantitative estimate of drug-likeness (QED) is 0.769. The summed E-state index contributed by atoms with van der Waals surface area (Å²) in [5.74, 6) is -1.65. The molecule has 0 atom stereocenters. The number of halogens is 2. The minimum absolute atomic E-state index is 0.0255. The SMILES string of the molecule is CSc1ccc(C)c(C(=O)NC2CCN(Cc3ccc(F)c(F)c3)CC2)c1. The molecule has 1 fully saturated rings. The molecule has 1 N–H and O–H groups in total. The van der Waals surface area contributed by atoms with Crippen LogP contribution >= 0.6 is 11.8 Å². The molecule has 2 aromatic carbocycles. The molecule has 3 nitrogen and oxygen atoms in total. The second-order valence-corrected chi connectivity index (χ2v) is 7.83. The van der Waals surface area contributed by atoms with Gasteiger partial charge in [-0.15, -0.1) is 11.8 Å². The van der Waals surface area contributed by atoms with E-state index in [0.717, 1.165) is 47.5 Å². The van der Waals surface area contributed by atoms with Gasteiger partial charge >= 0.3 is 0 Å². The molecule has 0 aromatic heterocycles. The van der Waals surface area contributed by atoms with E-state index in [1.165, 1.54) is 12.1 Å². The van der Waals surface area contributed by atoms with E-state index in [2.05, 4.69) is 10.2 Å². The van der Waals surface area contributed by atoms with Crippen LogP contribution in [0.2, 0.25) is 0 Å². The Bertz CT molecular complexity index is 820. The highest BCUT2D eigenvalue weighted by atomic mass is 32.2. The van der Waals surface area contributed by atoms with Crippen molar-refractivity contribution < 1.29 is 13.6 Å². The van der Waals surface area contributed by atoms with Crippen molar-refractivity contribution in [1.82, 2.24) is 10.2 Å². The number of amides is 1. The number of benzene rings is 2.